The fourth-order valence-electron chi connectivity index (χ4n) is 2.18. The molecule has 0 aliphatic rings. The highest BCUT2D eigenvalue weighted by Gasteiger charge is 2.10. The Labute approximate surface area is 149 Å². The third-order valence-electron chi connectivity index (χ3n) is 3.45. The van der Waals surface area contributed by atoms with Gasteiger partial charge in [0.05, 0.1) is 6.54 Å². The average Bonchev–Trinajstić information content (AvgIpc) is 3.06. The highest BCUT2D eigenvalue weighted by Crippen LogP contribution is 2.18. The molecule has 3 aromatic rings. The standard InChI is InChI=1S/C18H18BrN3O2/c1-22(11-12-23-16-9-7-15(19)8-10-16)13-17-20-21-18(24-17)14-5-3-2-4-6-14/h2-10H,11-13H2,1H3. The minimum Gasteiger partial charge on any atom is -0.492 e. The second-order valence-corrected chi connectivity index (χ2v) is 6.32. The van der Waals surface area contributed by atoms with E-state index in [1.807, 2.05) is 61.6 Å². The molecule has 5 nitrogen and oxygen atoms in total. The van der Waals surface area contributed by atoms with E-state index in [1.54, 1.807) is 0 Å². The number of aromatic nitrogens is 2. The molecule has 0 spiro atoms. The van der Waals surface area contributed by atoms with Gasteiger partial charge in [-0.15, -0.1) is 10.2 Å². The van der Waals surface area contributed by atoms with Crippen molar-refractivity contribution in [2.75, 3.05) is 20.2 Å². The number of nitrogens with zero attached hydrogens (tertiary/aromatic N) is 3. The molecule has 0 atom stereocenters. The Morgan fingerprint density at radius 1 is 1.04 bits per heavy atom. The average molecular weight is 388 g/mol. The van der Waals surface area contributed by atoms with Crippen molar-refractivity contribution in [1.29, 1.82) is 0 Å². The second kappa shape index (κ2) is 8.08. The van der Waals surface area contributed by atoms with E-state index in [0.29, 0.717) is 24.9 Å². The molecule has 0 saturated heterocycles. The van der Waals surface area contributed by atoms with Gasteiger partial charge in [-0.25, -0.2) is 0 Å². The number of hydrogen-bond acceptors (Lipinski definition) is 5. The van der Waals surface area contributed by atoms with Crippen LogP contribution in [0.4, 0.5) is 0 Å². The van der Waals surface area contributed by atoms with Gasteiger partial charge in [0.25, 0.3) is 0 Å². The van der Waals surface area contributed by atoms with Gasteiger partial charge in [-0.05, 0) is 43.4 Å². The van der Waals surface area contributed by atoms with Crippen LogP contribution in [0.15, 0.2) is 63.5 Å². The summed E-state index contributed by atoms with van der Waals surface area (Å²) in [6, 6.07) is 17.6. The summed E-state index contributed by atoms with van der Waals surface area (Å²) in [5, 5.41) is 8.20. The van der Waals surface area contributed by atoms with Crippen LogP contribution < -0.4 is 4.74 Å². The van der Waals surface area contributed by atoms with Gasteiger partial charge < -0.3 is 9.15 Å². The van der Waals surface area contributed by atoms with Crippen molar-refractivity contribution in [1.82, 2.24) is 15.1 Å². The first-order valence-electron chi connectivity index (χ1n) is 7.65. The topological polar surface area (TPSA) is 51.4 Å². The van der Waals surface area contributed by atoms with Crippen LogP contribution in [0.1, 0.15) is 5.89 Å². The summed E-state index contributed by atoms with van der Waals surface area (Å²) in [5.74, 6) is 2.00. The molecule has 1 aromatic heterocycles. The van der Waals surface area contributed by atoms with Gasteiger partial charge in [0, 0.05) is 16.6 Å². The third kappa shape index (κ3) is 4.66. The lowest BCUT2D eigenvalue weighted by Crippen LogP contribution is -2.24. The molecule has 0 bridgehead atoms. The number of likely N-dealkylation sites (N-methyl/N-ethyl adjacent to an activating group) is 1. The molecule has 3 rings (SSSR count). The summed E-state index contributed by atoms with van der Waals surface area (Å²) in [6.45, 7) is 1.94. The summed E-state index contributed by atoms with van der Waals surface area (Å²) in [6.07, 6.45) is 0. The fourth-order valence-corrected chi connectivity index (χ4v) is 2.44. The van der Waals surface area contributed by atoms with Crippen molar-refractivity contribution in [3.8, 4) is 17.2 Å². The Balaban J connectivity index is 1.47. The van der Waals surface area contributed by atoms with Crippen molar-refractivity contribution in [3.05, 3.63) is 65.0 Å². The summed E-state index contributed by atoms with van der Waals surface area (Å²) in [5.41, 5.74) is 0.928. The highest BCUT2D eigenvalue weighted by atomic mass is 79.9. The summed E-state index contributed by atoms with van der Waals surface area (Å²) in [7, 11) is 2.00. The molecule has 0 radical (unpaired) electrons. The summed E-state index contributed by atoms with van der Waals surface area (Å²) < 4.78 is 12.5. The lowest BCUT2D eigenvalue weighted by Gasteiger charge is -2.14. The Morgan fingerprint density at radius 3 is 2.54 bits per heavy atom. The van der Waals surface area contributed by atoms with Crippen molar-refractivity contribution < 1.29 is 9.15 Å². The van der Waals surface area contributed by atoms with Crippen molar-refractivity contribution in [2.24, 2.45) is 0 Å². The number of ether oxygens (including phenoxy) is 1. The molecule has 0 amide bonds. The first-order chi connectivity index (χ1) is 11.7. The second-order valence-electron chi connectivity index (χ2n) is 5.41. The first kappa shape index (κ1) is 16.7. The lowest BCUT2D eigenvalue weighted by molar-refractivity contribution is 0.220. The van der Waals surface area contributed by atoms with E-state index < -0.39 is 0 Å². The van der Waals surface area contributed by atoms with Crippen LogP contribution in [0.5, 0.6) is 5.75 Å². The van der Waals surface area contributed by atoms with Crippen molar-refractivity contribution in [2.45, 2.75) is 6.54 Å². The molecule has 1 heterocycles. The van der Waals surface area contributed by atoms with Crippen LogP contribution in [0, 0.1) is 0 Å². The van der Waals surface area contributed by atoms with Gasteiger partial charge in [-0.2, -0.15) is 0 Å². The van der Waals surface area contributed by atoms with Gasteiger partial charge in [-0.3, -0.25) is 4.90 Å². The quantitative estimate of drug-likeness (QED) is 0.612. The number of halogens is 1. The molecule has 0 saturated carbocycles. The van der Waals surface area contributed by atoms with Crippen LogP contribution in [-0.2, 0) is 6.54 Å². The number of rotatable bonds is 7. The predicted octanol–water partition coefficient (Wildman–Crippen LogP) is 4.01. The molecule has 0 aliphatic heterocycles. The predicted molar refractivity (Wildman–Crippen MR) is 95.7 cm³/mol. The minimum absolute atomic E-state index is 0.546. The maximum atomic E-state index is 5.71. The zero-order chi connectivity index (χ0) is 16.8. The van der Waals surface area contributed by atoms with E-state index in [1.165, 1.54) is 0 Å². The molecule has 0 unspecified atom stereocenters. The van der Waals surface area contributed by atoms with Gasteiger partial charge in [-0.1, -0.05) is 34.1 Å². The Hall–Kier alpha value is -2.18. The fraction of sp³-hybridized carbons (Fsp3) is 0.222. The van der Waals surface area contributed by atoms with Crippen molar-refractivity contribution >= 4 is 15.9 Å². The van der Waals surface area contributed by atoms with Gasteiger partial charge in [0.15, 0.2) is 0 Å². The minimum atomic E-state index is 0.546. The largest absolute Gasteiger partial charge is 0.492 e. The van der Waals surface area contributed by atoms with E-state index in [4.69, 9.17) is 9.15 Å². The normalized spacial score (nSPS) is 11.0. The molecule has 6 heteroatoms. The van der Waals surface area contributed by atoms with E-state index in [9.17, 15) is 0 Å². The Kier molecular flexibility index (Phi) is 5.61. The van der Waals surface area contributed by atoms with Crippen LogP contribution in [0.25, 0.3) is 11.5 Å². The van der Waals surface area contributed by atoms with Gasteiger partial charge >= 0.3 is 0 Å². The zero-order valence-corrected chi connectivity index (χ0v) is 14.9. The lowest BCUT2D eigenvalue weighted by atomic mass is 10.2. The molecule has 0 aliphatic carbocycles. The highest BCUT2D eigenvalue weighted by molar-refractivity contribution is 9.10. The molecular formula is C18H18BrN3O2. The van der Waals surface area contributed by atoms with E-state index >= 15 is 0 Å². The molecule has 2 aromatic carbocycles. The maximum absolute atomic E-state index is 5.71. The number of hydrogen-bond donors (Lipinski definition) is 0. The van der Waals surface area contributed by atoms with Crippen LogP contribution in [-0.4, -0.2) is 35.3 Å². The SMILES string of the molecule is CN(CCOc1ccc(Br)cc1)Cc1nnc(-c2ccccc2)o1. The first-order valence-corrected chi connectivity index (χ1v) is 8.45. The van der Waals surface area contributed by atoms with Gasteiger partial charge in [0.2, 0.25) is 11.8 Å². The van der Waals surface area contributed by atoms with E-state index in [-0.39, 0.29) is 0 Å². The molecule has 0 N–H and O–H groups in total. The van der Waals surface area contributed by atoms with Crippen molar-refractivity contribution in [3.63, 3.8) is 0 Å². The molecular weight excluding hydrogens is 370 g/mol. The monoisotopic (exact) mass is 387 g/mol. The van der Waals surface area contributed by atoms with Crippen LogP contribution in [0.3, 0.4) is 0 Å². The smallest absolute Gasteiger partial charge is 0.247 e. The van der Waals surface area contributed by atoms with E-state index in [0.717, 1.165) is 22.3 Å². The molecule has 0 fully saturated rings. The summed E-state index contributed by atoms with van der Waals surface area (Å²) >= 11 is 3.41. The molecule has 124 valence electrons. The number of benzene rings is 2. The Bertz CT molecular complexity index is 759. The van der Waals surface area contributed by atoms with Crippen LogP contribution >= 0.6 is 15.9 Å². The summed E-state index contributed by atoms with van der Waals surface area (Å²) in [4.78, 5) is 2.08. The Morgan fingerprint density at radius 2 is 1.79 bits per heavy atom. The zero-order valence-electron chi connectivity index (χ0n) is 13.4. The third-order valence-corrected chi connectivity index (χ3v) is 3.98. The maximum Gasteiger partial charge on any atom is 0.247 e. The van der Waals surface area contributed by atoms with Crippen LogP contribution in [0.2, 0.25) is 0 Å². The van der Waals surface area contributed by atoms with E-state index in [2.05, 4.69) is 31.0 Å². The van der Waals surface area contributed by atoms with Gasteiger partial charge in [0.1, 0.15) is 12.4 Å². The molecule has 24 heavy (non-hydrogen) atoms.